The zero-order valence-corrected chi connectivity index (χ0v) is 14.4. The van der Waals surface area contributed by atoms with Gasteiger partial charge in [-0.2, -0.15) is 0 Å². The summed E-state index contributed by atoms with van der Waals surface area (Å²) >= 11 is 0. The van der Waals surface area contributed by atoms with Gasteiger partial charge >= 0.3 is 0 Å². The van der Waals surface area contributed by atoms with E-state index in [2.05, 4.69) is 56.5 Å². The number of hydrogen-bond donors (Lipinski definition) is 2. The minimum Gasteiger partial charge on any atom is -0.376 e. The van der Waals surface area contributed by atoms with Gasteiger partial charge in [-0.3, -0.25) is 4.79 Å². The molecule has 0 bridgehead atoms. The van der Waals surface area contributed by atoms with Crippen molar-refractivity contribution in [2.45, 2.75) is 39.5 Å². The van der Waals surface area contributed by atoms with E-state index in [1.54, 1.807) is 0 Å². The standard InChI is InChI=1S/C20H26N2O/c1-14(2)17-11-8-12-18(15(3)4)20(17)22-19(23)13-21-16-9-6-5-7-10-16/h5-12,14-15,21H,13H2,1-4H3,(H,22,23). The van der Waals surface area contributed by atoms with Crippen LogP contribution in [0.4, 0.5) is 11.4 Å². The summed E-state index contributed by atoms with van der Waals surface area (Å²) in [5, 5.41) is 6.26. The van der Waals surface area contributed by atoms with Crippen LogP contribution in [-0.2, 0) is 4.79 Å². The Balaban J connectivity index is 2.13. The molecule has 0 unspecified atom stereocenters. The zero-order valence-electron chi connectivity index (χ0n) is 14.4. The average Bonchev–Trinajstić information content (AvgIpc) is 2.53. The van der Waals surface area contributed by atoms with E-state index >= 15 is 0 Å². The van der Waals surface area contributed by atoms with Gasteiger partial charge in [0, 0.05) is 11.4 Å². The van der Waals surface area contributed by atoms with Crippen LogP contribution >= 0.6 is 0 Å². The molecule has 0 heterocycles. The predicted octanol–water partition coefficient (Wildman–Crippen LogP) is 4.98. The van der Waals surface area contributed by atoms with Crippen LogP contribution in [0.2, 0.25) is 0 Å². The van der Waals surface area contributed by atoms with Crippen molar-refractivity contribution in [3.8, 4) is 0 Å². The monoisotopic (exact) mass is 310 g/mol. The lowest BCUT2D eigenvalue weighted by Gasteiger charge is -2.20. The van der Waals surface area contributed by atoms with Gasteiger partial charge < -0.3 is 10.6 Å². The summed E-state index contributed by atoms with van der Waals surface area (Å²) in [6, 6.07) is 16.0. The van der Waals surface area contributed by atoms with E-state index in [1.807, 2.05) is 30.3 Å². The first-order valence-electron chi connectivity index (χ1n) is 8.20. The largest absolute Gasteiger partial charge is 0.376 e. The molecule has 0 aliphatic carbocycles. The van der Waals surface area contributed by atoms with Crippen molar-refractivity contribution in [3.63, 3.8) is 0 Å². The van der Waals surface area contributed by atoms with Gasteiger partial charge in [0.15, 0.2) is 0 Å². The van der Waals surface area contributed by atoms with Gasteiger partial charge in [-0.15, -0.1) is 0 Å². The third-order valence-corrected chi connectivity index (χ3v) is 3.86. The van der Waals surface area contributed by atoms with E-state index in [0.29, 0.717) is 11.8 Å². The third-order valence-electron chi connectivity index (χ3n) is 3.86. The van der Waals surface area contributed by atoms with Crippen LogP contribution in [0.25, 0.3) is 0 Å². The van der Waals surface area contributed by atoms with Crippen molar-refractivity contribution in [3.05, 3.63) is 59.7 Å². The first-order valence-corrected chi connectivity index (χ1v) is 8.20. The van der Waals surface area contributed by atoms with Crippen molar-refractivity contribution in [1.29, 1.82) is 0 Å². The van der Waals surface area contributed by atoms with E-state index in [4.69, 9.17) is 0 Å². The van der Waals surface area contributed by atoms with Crippen LogP contribution < -0.4 is 10.6 Å². The van der Waals surface area contributed by atoms with Crippen molar-refractivity contribution in [1.82, 2.24) is 0 Å². The lowest BCUT2D eigenvalue weighted by atomic mass is 9.92. The number of amides is 1. The molecule has 0 atom stereocenters. The van der Waals surface area contributed by atoms with E-state index in [0.717, 1.165) is 11.4 Å². The molecule has 0 aromatic heterocycles. The van der Waals surface area contributed by atoms with Crippen LogP contribution in [-0.4, -0.2) is 12.5 Å². The van der Waals surface area contributed by atoms with E-state index in [-0.39, 0.29) is 12.5 Å². The first-order chi connectivity index (χ1) is 11.0. The Labute approximate surface area is 139 Å². The average molecular weight is 310 g/mol. The molecule has 2 rings (SSSR count). The quantitative estimate of drug-likeness (QED) is 0.789. The maximum absolute atomic E-state index is 12.4. The lowest BCUT2D eigenvalue weighted by Crippen LogP contribution is -2.23. The number of hydrogen-bond acceptors (Lipinski definition) is 2. The summed E-state index contributed by atoms with van der Waals surface area (Å²) in [4.78, 5) is 12.4. The van der Waals surface area contributed by atoms with Gasteiger partial charge in [0.05, 0.1) is 6.54 Å². The molecule has 122 valence electrons. The molecule has 0 radical (unpaired) electrons. The second-order valence-corrected chi connectivity index (χ2v) is 6.39. The molecule has 0 fully saturated rings. The molecule has 0 aliphatic rings. The second-order valence-electron chi connectivity index (χ2n) is 6.39. The first kappa shape index (κ1) is 17.1. The summed E-state index contributed by atoms with van der Waals surface area (Å²) in [5.74, 6) is 0.709. The fraction of sp³-hybridized carbons (Fsp3) is 0.350. The number of nitrogens with one attached hydrogen (secondary N) is 2. The maximum atomic E-state index is 12.4. The van der Waals surface area contributed by atoms with Crippen molar-refractivity contribution in [2.24, 2.45) is 0 Å². The van der Waals surface area contributed by atoms with Crippen molar-refractivity contribution >= 4 is 17.3 Å². The molecule has 0 saturated heterocycles. The molecule has 2 N–H and O–H groups in total. The fourth-order valence-corrected chi connectivity index (χ4v) is 2.62. The molecule has 2 aromatic rings. The summed E-state index contributed by atoms with van der Waals surface area (Å²) in [6.07, 6.45) is 0. The summed E-state index contributed by atoms with van der Waals surface area (Å²) in [5.41, 5.74) is 4.29. The van der Waals surface area contributed by atoms with Crippen LogP contribution in [0, 0.1) is 0 Å². The van der Waals surface area contributed by atoms with Gasteiger partial charge in [0.2, 0.25) is 5.91 Å². The zero-order chi connectivity index (χ0) is 16.8. The smallest absolute Gasteiger partial charge is 0.243 e. The highest BCUT2D eigenvalue weighted by Gasteiger charge is 2.15. The molecule has 3 heteroatoms. The van der Waals surface area contributed by atoms with E-state index < -0.39 is 0 Å². The number of carbonyl (C=O) groups is 1. The Morgan fingerprint density at radius 2 is 1.43 bits per heavy atom. The Hall–Kier alpha value is -2.29. The predicted molar refractivity (Wildman–Crippen MR) is 98.2 cm³/mol. The Morgan fingerprint density at radius 3 is 1.96 bits per heavy atom. The topological polar surface area (TPSA) is 41.1 Å². The molecule has 3 nitrogen and oxygen atoms in total. The molecule has 23 heavy (non-hydrogen) atoms. The second kappa shape index (κ2) is 7.82. The molecule has 0 saturated carbocycles. The van der Waals surface area contributed by atoms with Crippen molar-refractivity contribution < 1.29 is 4.79 Å². The number of anilines is 2. The molecular formula is C20H26N2O. The minimum absolute atomic E-state index is 0.0242. The number of rotatable bonds is 6. The van der Waals surface area contributed by atoms with Crippen LogP contribution in [0.15, 0.2) is 48.5 Å². The normalized spacial score (nSPS) is 10.9. The Kier molecular flexibility index (Phi) is 5.80. The SMILES string of the molecule is CC(C)c1cccc(C(C)C)c1NC(=O)CNc1ccccc1. The summed E-state index contributed by atoms with van der Waals surface area (Å²) in [6.45, 7) is 8.86. The molecule has 0 spiro atoms. The van der Waals surface area contributed by atoms with Crippen LogP contribution in [0.5, 0.6) is 0 Å². The van der Waals surface area contributed by atoms with E-state index in [9.17, 15) is 4.79 Å². The van der Waals surface area contributed by atoms with Crippen molar-refractivity contribution in [2.75, 3.05) is 17.2 Å². The number of para-hydroxylation sites is 2. The number of carbonyl (C=O) groups excluding carboxylic acids is 1. The Bertz CT molecular complexity index is 622. The number of benzene rings is 2. The van der Waals surface area contributed by atoms with Gasteiger partial charge in [-0.25, -0.2) is 0 Å². The summed E-state index contributed by atoms with van der Waals surface area (Å²) < 4.78 is 0. The molecule has 0 aliphatic heterocycles. The summed E-state index contributed by atoms with van der Waals surface area (Å²) in [7, 11) is 0. The molecular weight excluding hydrogens is 284 g/mol. The molecule has 2 aromatic carbocycles. The maximum Gasteiger partial charge on any atom is 0.243 e. The van der Waals surface area contributed by atoms with Crippen LogP contribution in [0.1, 0.15) is 50.7 Å². The van der Waals surface area contributed by atoms with Gasteiger partial charge in [0.1, 0.15) is 0 Å². The van der Waals surface area contributed by atoms with Gasteiger partial charge in [0.25, 0.3) is 0 Å². The highest BCUT2D eigenvalue weighted by Crippen LogP contribution is 2.32. The van der Waals surface area contributed by atoms with Crippen LogP contribution in [0.3, 0.4) is 0 Å². The third kappa shape index (κ3) is 4.59. The fourth-order valence-electron chi connectivity index (χ4n) is 2.62. The highest BCUT2D eigenvalue weighted by molar-refractivity contribution is 5.95. The molecule has 1 amide bonds. The minimum atomic E-state index is -0.0242. The lowest BCUT2D eigenvalue weighted by molar-refractivity contribution is -0.114. The highest BCUT2D eigenvalue weighted by atomic mass is 16.1. The van der Waals surface area contributed by atoms with E-state index in [1.165, 1.54) is 11.1 Å². The Morgan fingerprint density at radius 1 is 0.870 bits per heavy atom. The van der Waals surface area contributed by atoms with Gasteiger partial charge in [-0.05, 0) is 35.1 Å². The van der Waals surface area contributed by atoms with Gasteiger partial charge in [-0.1, -0.05) is 64.1 Å².